The molecule has 0 atom stereocenters. The number of hydrogen-bond donors (Lipinski definition) is 1. The quantitative estimate of drug-likeness (QED) is 0.191. The van der Waals surface area contributed by atoms with Gasteiger partial charge in [-0.2, -0.15) is 26.3 Å². The Hall–Kier alpha value is -2.27. The van der Waals surface area contributed by atoms with Crippen LogP contribution in [0.2, 0.25) is 0 Å². The molecule has 0 bridgehead atoms. The first-order valence-corrected chi connectivity index (χ1v) is 14.6. The minimum absolute atomic E-state index is 0.135. The second kappa shape index (κ2) is 12.0. The maximum Gasteiger partial charge on any atom is 0.435 e. The van der Waals surface area contributed by atoms with Gasteiger partial charge in [0.05, 0.1) is 16.9 Å². The summed E-state index contributed by atoms with van der Waals surface area (Å²) in [6.07, 6.45) is -11.0. The number of carbonyl (C=O) groups excluding carboxylic acids is 2. The van der Waals surface area contributed by atoms with E-state index in [0.29, 0.717) is 5.56 Å². The number of nitrogens with one attached hydrogen (secondary N) is 1. The number of nitrogens with zero attached hydrogens (tertiary/aromatic N) is 1. The van der Waals surface area contributed by atoms with Gasteiger partial charge in [0.25, 0.3) is 11.8 Å². The molecule has 0 spiro atoms. The van der Waals surface area contributed by atoms with E-state index in [2.05, 4.69) is 59.8 Å². The summed E-state index contributed by atoms with van der Waals surface area (Å²) >= 11 is 7.61. The molecular weight excluding hydrogens is 823 g/mol. The molecule has 15 heteroatoms. The van der Waals surface area contributed by atoms with Gasteiger partial charge >= 0.3 is 18.0 Å². The highest BCUT2D eigenvalue weighted by atomic mass is 127. The third-order valence-electron chi connectivity index (χ3n) is 6.45. The van der Waals surface area contributed by atoms with Crippen molar-refractivity contribution < 1.29 is 44.7 Å². The van der Waals surface area contributed by atoms with E-state index in [0.717, 1.165) is 22.5 Å². The van der Waals surface area contributed by atoms with Crippen molar-refractivity contribution in [1.82, 2.24) is 0 Å². The van der Waals surface area contributed by atoms with E-state index in [9.17, 15) is 40.3 Å². The third kappa shape index (κ3) is 6.47. The summed E-state index contributed by atoms with van der Waals surface area (Å²) in [6, 6.07) is 10.8. The summed E-state index contributed by atoms with van der Waals surface area (Å²) in [5.41, 5.74) is -8.34. The molecular formula is C27H17Br2F8IN2O2. The average molecular weight is 840 g/mol. The molecule has 0 unspecified atom stereocenters. The smallest absolute Gasteiger partial charge is 0.320 e. The molecule has 1 fully saturated rings. The van der Waals surface area contributed by atoms with Gasteiger partial charge in [-0.3, -0.25) is 9.59 Å². The highest BCUT2D eigenvalue weighted by molar-refractivity contribution is 14.1. The molecule has 3 aromatic carbocycles. The van der Waals surface area contributed by atoms with Crippen molar-refractivity contribution in [3.63, 3.8) is 0 Å². The summed E-state index contributed by atoms with van der Waals surface area (Å²) in [5.74, 6) is -2.57. The molecule has 224 valence electrons. The largest absolute Gasteiger partial charge is 0.435 e. The number of carbonyl (C=O) groups is 2. The molecule has 2 amide bonds. The van der Waals surface area contributed by atoms with Crippen LogP contribution in [0.3, 0.4) is 0 Å². The Balaban J connectivity index is 1.68. The van der Waals surface area contributed by atoms with E-state index in [1.54, 1.807) is 24.3 Å². The third-order valence-corrected chi connectivity index (χ3v) is 8.42. The van der Waals surface area contributed by atoms with Gasteiger partial charge in [-0.15, -0.1) is 0 Å². The summed E-state index contributed by atoms with van der Waals surface area (Å²) in [5, 5.41) is 2.22. The topological polar surface area (TPSA) is 49.4 Å². The fraction of sp³-hybridized carbons (Fsp3) is 0.259. The van der Waals surface area contributed by atoms with Crippen LogP contribution in [-0.4, -0.2) is 30.7 Å². The number of alkyl halides is 7. The van der Waals surface area contributed by atoms with Crippen LogP contribution in [0.5, 0.6) is 0 Å². The lowest BCUT2D eigenvalue weighted by Crippen LogP contribution is -2.50. The van der Waals surface area contributed by atoms with Gasteiger partial charge in [0, 0.05) is 30.2 Å². The molecule has 1 N–H and O–H groups in total. The van der Waals surface area contributed by atoms with E-state index in [1.165, 1.54) is 17.0 Å². The van der Waals surface area contributed by atoms with Crippen molar-refractivity contribution >= 4 is 77.6 Å². The lowest BCUT2D eigenvalue weighted by Gasteiger charge is -2.31. The van der Waals surface area contributed by atoms with Gasteiger partial charge in [-0.25, -0.2) is 8.78 Å². The van der Waals surface area contributed by atoms with Gasteiger partial charge in [0.2, 0.25) is 0 Å². The number of amides is 2. The maximum atomic E-state index is 15.8. The molecule has 1 aliphatic carbocycles. The molecule has 1 saturated carbocycles. The van der Waals surface area contributed by atoms with Crippen LogP contribution in [0.1, 0.15) is 39.1 Å². The number of halogens is 11. The Kier molecular flexibility index (Phi) is 9.34. The predicted molar refractivity (Wildman–Crippen MR) is 155 cm³/mol. The number of rotatable bonds is 7. The highest BCUT2D eigenvalue weighted by Gasteiger charge is 2.73. The van der Waals surface area contributed by atoms with Crippen LogP contribution in [0, 0.1) is 15.3 Å². The van der Waals surface area contributed by atoms with Crippen molar-refractivity contribution in [1.29, 1.82) is 0 Å². The second-order valence-corrected chi connectivity index (χ2v) is 12.4. The Morgan fingerprint density at radius 1 is 0.905 bits per heavy atom. The zero-order valence-electron chi connectivity index (χ0n) is 20.8. The Labute approximate surface area is 264 Å². The Morgan fingerprint density at radius 2 is 1.45 bits per heavy atom. The molecule has 3 aromatic rings. The fourth-order valence-corrected chi connectivity index (χ4v) is 5.81. The van der Waals surface area contributed by atoms with E-state index in [-0.39, 0.29) is 36.0 Å². The first-order chi connectivity index (χ1) is 19.5. The van der Waals surface area contributed by atoms with E-state index in [4.69, 9.17) is 0 Å². The van der Waals surface area contributed by atoms with Gasteiger partial charge in [0.15, 0.2) is 5.82 Å². The minimum atomic E-state index is -6.35. The molecule has 0 aliphatic heterocycles. The normalized spacial score (nSPS) is 14.1. The van der Waals surface area contributed by atoms with E-state index in [1.807, 2.05) is 0 Å². The second-order valence-electron chi connectivity index (χ2n) is 9.43. The molecule has 42 heavy (non-hydrogen) atoms. The van der Waals surface area contributed by atoms with Crippen LogP contribution in [0.4, 0.5) is 46.5 Å². The fourth-order valence-electron chi connectivity index (χ4n) is 4.06. The Bertz CT molecular complexity index is 1490. The zero-order valence-corrected chi connectivity index (χ0v) is 26.1. The van der Waals surface area contributed by atoms with Gasteiger partial charge in [-0.1, -0.05) is 6.07 Å². The van der Waals surface area contributed by atoms with Crippen molar-refractivity contribution in [3.8, 4) is 0 Å². The molecule has 0 heterocycles. The number of hydrogen-bond acceptors (Lipinski definition) is 2. The van der Waals surface area contributed by atoms with Crippen molar-refractivity contribution in [2.75, 3.05) is 16.8 Å². The summed E-state index contributed by atoms with van der Waals surface area (Å²) in [6.45, 7) is 0.189. The predicted octanol–water partition coefficient (Wildman–Crippen LogP) is 9.55. The minimum Gasteiger partial charge on any atom is -0.320 e. The van der Waals surface area contributed by atoms with Crippen LogP contribution >= 0.6 is 54.5 Å². The number of benzene rings is 3. The van der Waals surface area contributed by atoms with Crippen molar-refractivity contribution in [3.05, 3.63) is 89.6 Å². The molecule has 0 radical (unpaired) electrons. The molecule has 4 rings (SSSR count). The van der Waals surface area contributed by atoms with Crippen LogP contribution in [0.25, 0.3) is 0 Å². The van der Waals surface area contributed by atoms with E-state index >= 15 is 4.39 Å². The zero-order chi connectivity index (χ0) is 31.2. The molecule has 4 nitrogen and oxygen atoms in total. The van der Waals surface area contributed by atoms with Gasteiger partial charge in [-0.05, 0) is 122 Å². The molecule has 1 aliphatic rings. The van der Waals surface area contributed by atoms with E-state index < -0.39 is 55.7 Å². The summed E-state index contributed by atoms with van der Waals surface area (Å²) < 4.78 is 110. The SMILES string of the molecule is O=C(Nc1c(Br)cc(C(F)(C(F)(F)F)C(F)(F)F)cc1Br)c1cccc(N(CC2CC2)C(=O)c2ccc(I)cc2)c1F. The monoisotopic (exact) mass is 838 g/mol. The van der Waals surface area contributed by atoms with Crippen molar-refractivity contribution in [2.45, 2.75) is 30.9 Å². The van der Waals surface area contributed by atoms with Gasteiger partial charge < -0.3 is 10.2 Å². The summed E-state index contributed by atoms with van der Waals surface area (Å²) in [4.78, 5) is 27.7. The number of anilines is 2. The first kappa shape index (κ1) is 32.6. The molecule has 0 saturated heterocycles. The van der Waals surface area contributed by atoms with Crippen molar-refractivity contribution in [2.24, 2.45) is 5.92 Å². The molecule has 0 aromatic heterocycles. The standard InChI is InChI=1S/C27H17Br2F8IN2O2/c28-18-10-15(25(31,26(32,33)34)27(35,36)37)11-19(29)22(18)39-23(41)17-2-1-3-20(21(17)30)40(12-13-4-5-13)24(42)14-6-8-16(38)9-7-14/h1-3,6-11,13H,4-5,12H2,(H,39,41). The maximum absolute atomic E-state index is 15.8. The summed E-state index contributed by atoms with van der Waals surface area (Å²) in [7, 11) is 0. The lowest BCUT2D eigenvalue weighted by atomic mass is 9.94. The van der Waals surface area contributed by atoms with Crippen LogP contribution in [-0.2, 0) is 5.67 Å². The Morgan fingerprint density at radius 3 is 1.95 bits per heavy atom. The highest BCUT2D eigenvalue weighted by Crippen LogP contribution is 2.54. The average Bonchev–Trinajstić information content (AvgIpc) is 3.72. The van der Waals surface area contributed by atoms with Crippen LogP contribution < -0.4 is 10.2 Å². The van der Waals surface area contributed by atoms with Crippen LogP contribution in [0.15, 0.2) is 63.5 Å². The van der Waals surface area contributed by atoms with Gasteiger partial charge in [0.1, 0.15) is 0 Å². The lowest BCUT2D eigenvalue weighted by molar-refractivity contribution is -0.348. The first-order valence-electron chi connectivity index (χ1n) is 11.9.